The normalized spacial score (nSPS) is 17.0. The highest BCUT2D eigenvalue weighted by Gasteiger charge is 2.28. The Hall–Kier alpha value is -3.00. The summed E-state index contributed by atoms with van der Waals surface area (Å²) in [5, 5.41) is 4.06. The topological polar surface area (TPSA) is 84.2 Å². The van der Waals surface area contributed by atoms with Crippen LogP contribution in [0.1, 0.15) is 47.5 Å². The maximum Gasteiger partial charge on any atom is 0.247 e. The predicted molar refractivity (Wildman–Crippen MR) is 113 cm³/mol. The molecule has 1 aliphatic heterocycles. The summed E-state index contributed by atoms with van der Waals surface area (Å²) in [6.07, 6.45) is 9.63. The van der Waals surface area contributed by atoms with Crippen molar-refractivity contribution in [1.29, 1.82) is 0 Å². The first-order chi connectivity index (χ1) is 14.1. The lowest BCUT2D eigenvalue weighted by Gasteiger charge is -2.35. The van der Waals surface area contributed by atoms with Gasteiger partial charge in [0.25, 0.3) is 0 Å². The van der Waals surface area contributed by atoms with E-state index in [1.165, 1.54) is 0 Å². The molecule has 0 aliphatic carbocycles. The molecule has 1 amide bonds. The standard InChI is InChI=1S/C21H23N5O2S/c1-14-13-22-21(29-14)25-19-12-17(23-15(2)24-19)18-7-3-4-10-26(18)20(27)9-8-16-6-5-11-28-16/h5-6,8-9,11-13,18H,3-4,7,10H2,1-2H3,(H,22,23,24,25)/b9-8+/t18-/m0/s1. The minimum Gasteiger partial charge on any atom is -0.465 e. The van der Waals surface area contributed by atoms with Crippen LogP contribution >= 0.6 is 11.3 Å². The average Bonchev–Trinajstić information content (AvgIpc) is 3.37. The number of amides is 1. The van der Waals surface area contributed by atoms with Crippen LogP contribution < -0.4 is 5.32 Å². The third kappa shape index (κ3) is 4.71. The molecule has 0 aromatic carbocycles. The number of nitrogens with one attached hydrogen (secondary N) is 1. The number of likely N-dealkylation sites (tertiary alicyclic amines) is 1. The second kappa shape index (κ2) is 8.57. The molecule has 1 saturated heterocycles. The van der Waals surface area contributed by atoms with E-state index in [9.17, 15) is 4.79 Å². The van der Waals surface area contributed by atoms with Gasteiger partial charge in [-0.05, 0) is 51.3 Å². The molecule has 1 atom stereocenters. The van der Waals surface area contributed by atoms with Gasteiger partial charge in [0.15, 0.2) is 5.13 Å². The number of thiazole rings is 1. The van der Waals surface area contributed by atoms with Gasteiger partial charge >= 0.3 is 0 Å². The summed E-state index contributed by atoms with van der Waals surface area (Å²) in [4.78, 5) is 29.4. The number of anilines is 2. The van der Waals surface area contributed by atoms with Crippen molar-refractivity contribution in [3.05, 3.63) is 58.9 Å². The lowest BCUT2D eigenvalue weighted by molar-refractivity contribution is -0.129. The number of furan rings is 1. The van der Waals surface area contributed by atoms with Gasteiger partial charge in [-0.15, -0.1) is 11.3 Å². The van der Waals surface area contributed by atoms with E-state index in [1.54, 1.807) is 35.8 Å². The molecule has 0 saturated carbocycles. The van der Waals surface area contributed by atoms with Gasteiger partial charge in [0.1, 0.15) is 17.4 Å². The van der Waals surface area contributed by atoms with E-state index >= 15 is 0 Å². The smallest absolute Gasteiger partial charge is 0.247 e. The van der Waals surface area contributed by atoms with Crippen molar-refractivity contribution in [2.45, 2.75) is 39.2 Å². The maximum atomic E-state index is 12.9. The Bertz CT molecular complexity index is 1010. The Labute approximate surface area is 173 Å². The fraction of sp³-hybridized carbons (Fsp3) is 0.333. The number of aromatic nitrogens is 3. The summed E-state index contributed by atoms with van der Waals surface area (Å²) in [6, 6.07) is 5.48. The summed E-state index contributed by atoms with van der Waals surface area (Å²) in [6.45, 7) is 4.60. The minimum absolute atomic E-state index is 0.0348. The van der Waals surface area contributed by atoms with Gasteiger partial charge in [-0.1, -0.05) is 0 Å². The third-order valence-electron chi connectivity index (χ3n) is 4.77. The number of aryl methyl sites for hydroxylation is 2. The van der Waals surface area contributed by atoms with Crippen LogP contribution in [0.15, 0.2) is 41.2 Å². The molecule has 0 unspecified atom stereocenters. The van der Waals surface area contributed by atoms with E-state index in [0.717, 1.165) is 35.0 Å². The summed E-state index contributed by atoms with van der Waals surface area (Å²) < 4.78 is 5.28. The highest BCUT2D eigenvalue weighted by Crippen LogP contribution is 2.32. The molecule has 0 bridgehead atoms. The molecule has 4 rings (SSSR count). The molecule has 3 aromatic heterocycles. The Kier molecular flexibility index (Phi) is 5.71. The molecule has 1 fully saturated rings. The van der Waals surface area contributed by atoms with Gasteiger partial charge < -0.3 is 14.6 Å². The molecule has 29 heavy (non-hydrogen) atoms. The van der Waals surface area contributed by atoms with Crippen molar-refractivity contribution >= 4 is 34.3 Å². The van der Waals surface area contributed by atoms with E-state index in [2.05, 4.69) is 20.3 Å². The lowest BCUT2D eigenvalue weighted by Crippen LogP contribution is -2.38. The Balaban J connectivity index is 1.56. The van der Waals surface area contributed by atoms with Crippen LogP contribution in [0.3, 0.4) is 0 Å². The van der Waals surface area contributed by atoms with Gasteiger partial charge in [0.2, 0.25) is 5.91 Å². The van der Waals surface area contributed by atoms with E-state index in [1.807, 2.05) is 37.1 Å². The Morgan fingerprint density at radius 3 is 3.00 bits per heavy atom. The molecular formula is C21H23N5O2S. The predicted octanol–water partition coefficient (Wildman–Crippen LogP) is 4.65. The van der Waals surface area contributed by atoms with Crippen LogP contribution in [0.4, 0.5) is 10.9 Å². The van der Waals surface area contributed by atoms with Crippen molar-refractivity contribution < 1.29 is 9.21 Å². The van der Waals surface area contributed by atoms with Gasteiger partial charge in [0, 0.05) is 29.8 Å². The molecule has 3 aromatic rings. The quantitative estimate of drug-likeness (QED) is 0.617. The molecule has 1 aliphatic rings. The monoisotopic (exact) mass is 409 g/mol. The van der Waals surface area contributed by atoms with Gasteiger partial charge in [-0.2, -0.15) is 0 Å². The number of hydrogen-bond acceptors (Lipinski definition) is 7. The molecule has 8 heteroatoms. The van der Waals surface area contributed by atoms with Gasteiger partial charge in [0.05, 0.1) is 18.0 Å². The van der Waals surface area contributed by atoms with E-state index in [4.69, 9.17) is 4.42 Å². The van der Waals surface area contributed by atoms with Crippen molar-refractivity contribution in [2.24, 2.45) is 0 Å². The minimum atomic E-state index is -0.0715. The molecule has 0 spiro atoms. The number of nitrogens with zero attached hydrogens (tertiary/aromatic N) is 4. The third-order valence-corrected chi connectivity index (χ3v) is 5.60. The van der Waals surface area contributed by atoms with Crippen LogP contribution in [0.25, 0.3) is 6.08 Å². The first kappa shape index (κ1) is 19.3. The molecule has 0 radical (unpaired) electrons. The number of rotatable bonds is 5. The van der Waals surface area contributed by atoms with Crippen LogP contribution in [0, 0.1) is 13.8 Å². The van der Waals surface area contributed by atoms with Crippen molar-refractivity contribution in [1.82, 2.24) is 19.9 Å². The first-order valence-electron chi connectivity index (χ1n) is 9.66. The fourth-order valence-corrected chi connectivity index (χ4v) is 4.16. The number of hydrogen-bond donors (Lipinski definition) is 1. The van der Waals surface area contributed by atoms with Gasteiger partial charge in [-0.3, -0.25) is 4.79 Å². The van der Waals surface area contributed by atoms with Crippen LogP contribution in [-0.4, -0.2) is 32.3 Å². The zero-order valence-electron chi connectivity index (χ0n) is 16.5. The van der Waals surface area contributed by atoms with E-state index in [0.29, 0.717) is 23.9 Å². The van der Waals surface area contributed by atoms with E-state index in [-0.39, 0.29) is 11.9 Å². The van der Waals surface area contributed by atoms with Crippen LogP contribution in [-0.2, 0) is 4.79 Å². The highest BCUT2D eigenvalue weighted by atomic mass is 32.1. The van der Waals surface area contributed by atoms with Crippen LogP contribution in [0.2, 0.25) is 0 Å². The number of carbonyl (C=O) groups is 1. The zero-order chi connectivity index (χ0) is 20.2. The molecule has 1 N–H and O–H groups in total. The summed E-state index contributed by atoms with van der Waals surface area (Å²) in [5.74, 6) is 2.00. The Morgan fingerprint density at radius 1 is 1.34 bits per heavy atom. The molecule has 7 nitrogen and oxygen atoms in total. The number of piperidine rings is 1. The molecule has 4 heterocycles. The van der Waals surface area contributed by atoms with Crippen LogP contribution in [0.5, 0.6) is 0 Å². The molecule has 150 valence electrons. The van der Waals surface area contributed by atoms with Gasteiger partial charge in [-0.25, -0.2) is 15.0 Å². The Morgan fingerprint density at radius 2 is 2.24 bits per heavy atom. The van der Waals surface area contributed by atoms with Crippen molar-refractivity contribution in [2.75, 3.05) is 11.9 Å². The SMILES string of the molecule is Cc1nc(Nc2ncc(C)s2)cc([C@@H]2CCCCN2C(=O)/C=C/c2ccco2)n1. The first-order valence-corrected chi connectivity index (χ1v) is 10.5. The second-order valence-electron chi connectivity index (χ2n) is 7.02. The average molecular weight is 410 g/mol. The fourth-order valence-electron chi connectivity index (χ4n) is 3.49. The maximum absolute atomic E-state index is 12.9. The largest absolute Gasteiger partial charge is 0.465 e. The summed E-state index contributed by atoms with van der Waals surface area (Å²) in [5.41, 5.74) is 0.854. The zero-order valence-corrected chi connectivity index (χ0v) is 17.3. The summed E-state index contributed by atoms with van der Waals surface area (Å²) in [7, 11) is 0. The highest BCUT2D eigenvalue weighted by molar-refractivity contribution is 7.15. The van der Waals surface area contributed by atoms with Crippen molar-refractivity contribution in [3.8, 4) is 0 Å². The number of carbonyl (C=O) groups excluding carboxylic acids is 1. The lowest BCUT2D eigenvalue weighted by atomic mass is 9.98. The molecular weight excluding hydrogens is 386 g/mol. The summed E-state index contributed by atoms with van der Waals surface area (Å²) >= 11 is 1.58. The van der Waals surface area contributed by atoms with E-state index < -0.39 is 0 Å². The second-order valence-corrected chi connectivity index (χ2v) is 8.25. The van der Waals surface area contributed by atoms with Crippen molar-refractivity contribution in [3.63, 3.8) is 0 Å².